The molecule has 0 aliphatic heterocycles. The molecule has 6 nitrogen and oxygen atoms in total. The maximum absolute atomic E-state index is 10.8. The second kappa shape index (κ2) is 10.7. The van der Waals surface area contributed by atoms with Crippen LogP contribution in [0.15, 0.2) is 48.5 Å². The van der Waals surface area contributed by atoms with Gasteiger partial charge in [0.15, 0.2) is 0 Å². The van der Waals surface area contributed by atoms with Crippen LogP contribution in [0.3, 0.4) is 0 Å². The molecule has 0 fully saturated rings. The van der Waals surface area contributed by atoms with Gasteiger partial charge in [-0.3, -0.25) is 0 Å². The van der Waals surface area contributed by atoms with Gasteiger partial charge in [-0.15, -0.1) is 0 Å². The molecule has 0 atom stereocenters. The van der Waals surface area contributed by atoms with Crippen molar-refractivity contribution in [3.05, 3.63) is 59.7 Å². The molecule has 0 bridgehead atoms. The van der Waals surface area contributed by atoms with Gasteiger partial charge in [0.25, 0.3) is 0 Å². The van der Waals surface area contributed by atoms with Crippen molar-refractivity contribution < 1.29 is 29.6 Å². The largest absolute Gasteiger partial charge is 0.507 e. The molecule has 3 N–H and O–H groups in total. The highest BCUT2D eigenvalue weighted by Crippen LogP contribution is 2.18. The van der Waals surface area contributed by atoms with E-state index < -0.39 is 11.9 Å². The smallest absolute Gasteiger partial charge is 0.339 e. The summed E-state index contributed by atoms with van der Waals surface area (Å²) in [6.07, 6.45) is 3.20. The predicted molar refractivity (Wildman–Crippen MR) is 93.5 cm³/mol. The summed E-state index contributed by atoms with van der Waals surface area (Å²) in [6, 6.07) is 12.5. The third kappa shape index (κ3) is 6.95. The van der Waals surface area contributed by atoms with Crippen molar-refractivity contribution in [2.24, 2.45) is 0 Å². The molecular weight excluding hydrogens is 324 g/mol. The van der Waals surface area contributed by atoms with Gasteiger partial charge in [-0.1, -0.05) is 44.0 Å². The molecule has 0 saturated heterocycles. The van der Waals surface area contributed by atoms with Crippen molar-refractivity contribution in [2.75, 3.05) is 6.61 Å². The minimum Gasteiger partial charge on any atom is -0.507 e. The summed E-state index contributed by atoms with van der Waals surface area (Å²) in [7, 11) is 0. The Hall–Kier alpha value is -3.02. The Balaban J connectivity index is 0.000000271. The average Bonchev–Trinajstić information content (AvgIpc) is 2.60. The van der Waals surface area contributed by atoms with Crippen LogP contribution in [-0.4, -0.2) is 33.9 Å². The first-order chi connectivity index (χ1) is 12.0. The number of hydrogen-bond acceptors (Lipinski definition) is 4. The number of benzene rings is 2. The summed E-state index contributed by atoms with van der Waals surface area (Å²) in [5, 5.41) is 26.2. The lowest BCUT2D eigenvalue weighted by Gasteiger charge is -2.08. The number of hydrogen-bond donors (Lipinski definition) is 3. The molecule has 0 heterocycles. The molecule has 0 saturated carbocycles. The van der Waals surface area contributed by atoms with E-state index in [4.69, 9.17) is 20.1 Å². The predicted octanol–water partition coefficient (Wildman–Crippen LogP) is 4.04. The van der Waals surface area contributed by atoms with Crippen LogP contribution in [0.5, 0.6) is 11.5 Å². The minimum atomic E-state index is -1.11. The highest BCUT2D eigenvalue weighted by Gasteiger charge is 2.09. The number of aromatic carboxylic acids is 2. The fourth-order valence-corrected chi connectivity index (χ4v) is 1.96. The molecule has 0 aromatic heterocycles. The third-order valence-corrected chi connectivity index (χ3v) is 3.26. The van der Waals surface area contributed by atoms with Crippen LogP contribution in [-0.2, 0) is 0 Å². The van der Waals surface area contributed by atoms with Gasteiger partial charge in [-0.2, -0.15) is 0 Å². The summed E-state index contributed by atoms with van der Waals surface area (Å²) in [5.74, 6) is -1.80. The standard InChI is InChI=1S/C12H16O3.C7H6O3/c1-2-3-6-9-15-11-8-5-4-7-10(11)12(13)14;8-6-4-2-1-3-5(6)7(9)10/h4-5,7-8H,2-3,6,9H2,1H3,(H,13,14);1-4,8H,(H,9,10). The Bertz CT molecular complexity index is 696. The quantitative estimate of drug-likeness (QED) is 0.654. The second-order valence-electron chi connectivity index (χ2n) is 5.18. The van der Waals surface area contributed by atoms with Gasteiger partial charge >= 0.3 is 11.9 Å². The first kappa shape index (κ1) is 20.0. The summed E-state index contributed by atoms with van der Waals surface area (Å²) in [6.45, 7) is 2.70. The monoisotopic (exact) mass is 346 g/mol. The molecule has 2 aromatic rings. The molecule has 6 heteroatoms. The molecule has 25 heavy (non-hydrogen) atoms. The van der Waals surface area contributed by atoms with E-state index in [9.17, 15) is 9.59 Å². The van der Waals surface area contributed by atoms with E-state index in [0.29, 0.717) is 12.4 Å². The van der Waals surface area contributed by atoms with Crippen LogP contribution in [0.25, 0.3) is 0 Å². The molecule has 0 radical (unpaired) electrons. The first-order valence-corrected chi connectivity index (χ1v) is 7.93. The van der Waals surface area contributed by atoms with Crippen molar-refractivity contribution >= 4 is 11.9 Å². The van der Waals surface area contributed by atoms with Crippen molar-refractivity contribution in [1.82, 2.24) is 0 Å². The maximum Gasteiger partial charge on any atom is 0.339 e. The van der Waals surface area contributed by atoms with E-state index in [-0.39, 0.29) is 16.9 Å². The molecule has 0 aliphatic rings. The van der Waals surface area contributed by atoms with Gasteiger partial charge in [0, 0.05) is 0 Å². The van der Waals surface area contributed by atoms with Crippen molar-refractivity contribution in [3.63, 3.8) is 0 Å². The normalized spacial score (nSPS) is 9.64. The number of carboxylic acids is 2. The van der Waals surface area contributed by atoms with Gasteiger partial charge in [0.05, 0.1) is 6.61 Å². The molecule has 0 spiro atoms. The Labute approximate surface area is 146 Å². The molecule has 2 rings (SSSR count). The van der Waals surface area contributed by atoms with Crippen LogP contribution in [0.4, 0.5) is 0 Å². The number of carboxylic acid groups (broad SMARTS) is 2. The Morgan fingerprint density at radius 2 is 1.44 bits per heavy atom. The Morgan fingerprint density at radius 3 is 1.96 bits per heavy atom. The lowest BCUT2D eigenvalue weighted by molar-refractivity contribution is 0.0681. The number of para-hydroxylation sites is 2. The van der Waals surface area contributed by atoms with E-state index in [0.717, 1.165) is 19.3 Å². The summed E-state index contributed by atoms with van der Waals surface area (Å²) in [5.41, 5.74) is 0.163. The van der Waals surface area contributed by atoms with E-state index in [2.05, 4.69) is 6.92 Å². The first-order valence-electron chi connectivity index (χ1n) is 7.93. The molecule has 0 unspecified atom stereocenters. The van der Waals surface area contributed by atoms with Crippen molar-refractivity contribution in [1.29, 1.82) is 0 Å². The number of rotatable bonds is 7. The Morgan fingerprint density at radius 1 is 0.880 bits per heavy atom. The zero-order valence-corrected chi connectivity index (χ0v) is 14.0. The SMILES string of the molecule is CCCCCOc1ccccc1C(=O)O.O=C(O)c1ccccc1O. The fourth-order valence-electron chi connectivity index (χ4n) is 1.96. The number of ether oxygens (including phenoxy) is 1. The number of carbonyl (C=O) groups is 2. The molecule has 134 valence electrons. The zero-order valence-electron chi connectivity index (χ0n) is 14.0. The van der Waals surface area contributed by atoms with Gasteiger partial charge < -0.3 is 20.1 Å². The van der Waals surface area contributed by atoms with Gasteiger partial charge in [0.1, 0.15) is 22.6 Å². The minimum absolute atomic E-state index is 0.0671. The molecular formula is C19H22O6. The Kier molecular flexibility index (Phi) is 8.57. The summed E-state index contributed by atoms with van der Waals surface area (Å²) < 4.78 is 5.42. The number of aromatic hydroxyl groups is 1. The van der Waals surface area contributed by atoms with Crippen LogP contribution in [0.1, 0.15) is 46.9 Å². The van der Waals surface area contributed by atoms with Gasteiger partial charge in [-0.05, 0) is 30.7 Å². The zero-order chi connectivity index (χ0) is 18.7. The van der Waals surface area contributed by atoms with Crippen molar-refractivity contribution in [2.45, 2.75) is 26.2 Å². The van der Waals surface area contributed by atoms with Crippen LogP contribution >= 0.6 is 0 Å². The van der Waals surface area contributed by atoms with E-state index in [1.165, 1.54) is 12.1 Å². The van der Waals surface area contributed by atoms with Gasteiger partial charge in [0.2, 0.25) is 0 Å². The number of unbranched alkanes of at least 4 members (excludes halogenated alkanes) is 2. The topological polar surface area (TPSA) is 104 Å². The van der Waals surface area contributed by atoms with E-state index >= 15 is 0 Å². The van der Waals surface area contributed by atoms with Gasteiger partial charge in [-0.25, -0.2) is 9.59 Å². The van der Waals surface area contributed by atoms with E-state index in [1.807, 2.05) is 0 Å². The van der Waals surface area contributed by atoms with Crippen LogP contribution in [0.2, 0.25) is 0 Å². The second-order valence-corrected chi connectivity index (χ2v) is 5.18. The highest BCUT2D eigenvalue weighted by molar-refractivity contribution is 5.91. The molecule has 0 amide bonds. The lowest BCUT2D eigenvalue weighted by Crippen LogP contribution is -2.04. The molecule has 2 aromatic carbocycles. The summed E-state index contributed by atoms with van der Waals surface area (Å²) >= 11 is 0. The lowest BCUT2D eigenvalue weighted by atomic mass is 10.2. The summed E-state index contributed by atoms with van der Waals surface area (Å²) in [4.78, 5) is 21.1. The fraction of sp³-hybridized carbons (Fsp3) is 0.263. The average molecular weight is 346 g/mol. The van der Waals surface area contributed by atoms with Crippen molar-refractivity contribution in [3.8, 4) is 11.5 Å². The number of phenols is 1. The van der Waals surface area contributed by atoms with Crippen LogP contribution in [0, 0.1) is 0 Å². The van der Waals surface area contributed by atoms with E-state index in [1.54, 1.807) is 36.4 Å². The maximum atomic E-state index is 10.8. The third-order valence-electron chi connectivity index (χ3n) is 3.26. The molecule has 0 aliphatic carbocycles. The highest BCUT2D eigenvalue weighted by atomic mass is 16.5. The van der Waals surface area contributed by atoms with Crippen LogP contribution < -0.4 is 4.74 Å².